The number of hydrogen-bond acceptors (Lipinski definition) is 5. The van der Waals surface area contributed by atoms with Crippen molar-refractivity contribution < 1.29 is 19.1 Å². The lowest BCUT2D eigenvalue weighted by molar-refractivity contribution is 0.0476. The summed E-state index contributed by atoms with van der Waals surface area (Å²) < 4.78 is 13.8. The summed E-state index contributed by atoms with van der Waals surface area (Å²) in [4.78, 5) is 30.9. The highest BCUT2D eigenvalue weighted by Gasteiger charge is 2.21. The maximum atomic E-state index is 13.2. The molecule has 4 rings (SSSR count). The molecule has 2 aromatic heterocycles. The van der Waals surface area contributed by atoms with E-state index in [9.17, 15) is 9.59 Å². The number of methoxy groups -OCH3 is 1. The smallest absolute Gasteiger partial charge is 0.339 e. The number of rotatable bonds is 8. The average Bonchev–Trinajstić information content (AvgIpc) is 3.15. The highest BCUT2D eigenvalue weighted by molar-refractivity contribution is 9.10. The number of halogens is 1. The molecule has 4 aromatic rings. The summed E-state index contributed by atoms with van der Waals surface area (Å²) in [6.45, 7) is 6.08. The van der Waals surface area contributed by atoms with Gasteiger partial charge in [0, 0.05) is 39.5 Å². The van der Waals surface area contributed by atoms with Gasteiger partial charge in [-0.2, -0.15) is 0 Å². The second-order valence-electron chi connectivity index (χ2n) is 8.54. The standard InChI is InChI=1S/C28H27BrN2O4/c1-17-12-23(19(3)31(17)18(2)15-34-4)27(32)16-35-28(33)24-14-26(20-8-7-9-21(29)13-20)30-25-11-6-5-10-22(24)25/h5-14,18H,15-16H2,1-4H3/t18-/m1/s1. The number of fused-ring (bicyclic) bond motifs is 1. The van der Waals surface area contributed by atoms with Crippen LogP contribution in [0.4, 0.5) is 0 Å². The molecule has 2 heterocycles. The van der Waals surface area contributed by atoms with Crippen molar-refractivity contribution in [1.82, 2.24) is 9.55 Å². The third-order valence-corrected chi connectivity index (χ3v) is 6.52. The molecule has 2 aromatic carbocycles. The zero-order valence-electron chi connectivity index (χ0n) is 20.2. The minimum Gasteiger partial charge on any atom is -0.454 e. The number of hydrogen-bond donors (Lipinski definition) is 0. The van der Waals surface area contributed by atoms with E-state index < -0.39 is 5.97 Å². The van der Waals surface area contributed by atoms with Crippen LogP contribution < -0.4 is 0 Å². The maximum Gasteiger partial charge on any atom is 0.339 e. The molecule has 0 amide bonds. The second-order valence-corrected chi connectivity index (χ2v) is 9.46. The first kappa shape index (κ1) is 24.8. The van der Waals surface area contributed by atoms with Crippen LogP contribution in [-0.4, -0.2) is 41.6 Å². The van der Waals surface area contributed by atoms with Crippen molar-refractivity contribution in [3.8, 4) is 11.3 Å². The number of nitrogens with zero attached hydrogens (tertiary/aromatic N) is 2. The lowest BCUT2D eigenvalue weighted by Gasteiger charge is -2.17. The van der Waals surface area contributed by atoms with Crippen molar-refractivity contribution >= 4 is 38.6 Å². The zero-order chi connectivity index (χ0) is 25.1. The number of benzene rings is 2. The van der Waals surface area contributed by atoms with Gasteiger partial charge in [0.15, 0.2) is 6.61 Å². The van der Waals surface area contributed by atoms with Gasteiger partial charge in [0.25, 0.3) is 0 Å². The molecule has 0 unspecified atom stereocenters. The minimum atomic E-state index is -0.560. The van der Waals surface area contributed by atoms with Crippen molar-refractivity contribution in [3.63, 3.8) is 0 Å². The highest BCUT2D eigenvalue weighted by atomic mass is 79.9. The molecule has 0 aliphatic carbocycles. The Hall–Kier alpha value is -3.29. The molecule has 0 N–H and O–H groups in total. The van der Waals surface area contributed by atoms with Gasteiger partial charge in [-0.1, -0.05) is 46.3 Å². The van der Waals surface area contributed by atoms with Crippen molar-refractivity contribution in [2.45, 2.75) is 26.8 Å². The van der Waals surface area contributed by atoms with Crippen LogP contribution in [0, 0.1) is 13.8 Å². The monoisotopic (exact) mass is 534 g/mol. The summed E-state index contributed by atoms with van der Waals surface area (Å²) in [5.74, 6) is -0.803. The SMILES string of the molecule is COC[C@@H](C)n1c(C)cc(C(=O)COC(=O)c2cc(-c3cccc(Br)c3)nc3ccccc23)c1C. The van der Waals surface area contributed by atoms with E-state index in [0.29, 0.717) is 34.3 Å². The lowest BCUT2D eigenvalue weighted by atomic mass is 10.0. The summed E-state index contributed by atoms with van der Waals surface area (Å²) >= 11 is 3.48. The number of carbonyl (C=O) groups excluding carboxylic acids is 2. The number of esters is 1. The molecular formula is C28H27BrN2O4. The molecule has 0 fully saturated rings. The van der Waals surface area contributed by atoms with Crippen LogP contribution in [0.1, 0.15) is 45.1 Å². The van der Waals surface area contributed by atoms with E-state index in [4.69, 9.17) is 14.5 Å². The number of aromatic nitrogens is 2. The Morgan fingerprint density at radius 1 is 1.03 bits per heavy atom. The molecule has 7 heteroatoms. The van der Waals surface area contributed by atoms with Gasteiger partial charge in [-0.05, 0) is 51.1 Å². The molecule has 0 saturated heterocycles. The number of ketones is 1. The molecule has 35 heavy (non-hydrogen) atoms. The Balaban J connectivity index is 1.60. The van der Waals surface area contributed by atoms with Crippen molar-refractivity contribution in [1.29, 1.82) is 0 Å². The predicted octanol–water partition coefficient (Wildman–Crippen LogP) is 6.33. The molecule has 1 atom stereocenters. The fourth-order valence-electron chi connectivity index (χ4n) is 4.48. The molecular weight excluding hydrogens is 508 g/mol. The molecule has 0 saturated carbocycles. The van der Waals surface area contributed by atoms with Crippen LogP contribution in [0.15, 0.2) is 65.1 Å². The first-order valence-corrected chi connectivity index (χ1v) is 12.1. The van der Waals surface area contributed by atoms with Crippen LogP contribution >= 0.6 is 15.9 Å². The van der Waals surface area contributed by atoms with Crippen LogP contribution in [0.25, 0.3) is 22.2 Å². The van der Waals surface area contributed by atoms with E-state index in [0.717, 1.165) is 21.4 Å². The fraction of sp³-hybridized carbons (Fsp3) is 0.250. The first-order valence-electron chi connectivity index (χ1n) is 11.3. The summed E-state index contributed by atoms with van der Waals surface area (Å²) in [5.41, 5.74) is 4.91. The third-order valence-electron chi connectivity index (χ3n) is 6.02. The lowest BCUT2D eigenvalue weighted by Crippen LogP contribution is -2.17. The number of pyridine rings is 1. The third kappa shape index (κ3) is 5.21. The van der Waals surface area contributed by atoms with Crippen LogP contribution in [0.3, 0.4) is 0 Å². The van der Waals surface area contributed by atoms with E-state index in [1.807, 2.05) is 75.4 Å². The second kappa shape index (κ2) is 10.5. The highest BCUT2D eigenvalue weighted by Crippen LogP contribution is 2.27. The first-order chi connectivity index (χ1) is 16.8. The largest absolute Gasteiger partial charge is 0.454 e. The Morgan fingerprint density at radius 2 is 1.80 bits per heavy atom. The summed E-state index contributed by atoms with van der Waals surface area (Å²) in [7, 11) is 1.65. The van der Waals surface area contributed by atoms with E-state index in [1.165, 1.54) is 0 Å². The van der Waals surface area contributed by atoms with Crippen molar-refractivity contribution in [2.24, 2.45) is 0 Å². The normalized spacial score (nSPS) is 12.0. The molecule has 0 spiro atoms. The number of aryl methyl sites for hydroxylation is 1. The Labute approximate surface area is 213 Å². The Bertz CT molecular complexity index is 1410. The number of Topliss-reactive ketones (excluding diaryl/α,β-unsaturated/α-hetero) is 1. The molecule has 180 valence electrons. The topological polar surface area (TPSA) is 70.4 Å². The molecule has 6 nitrogen and oxygen atoms in total. The summed E-state index contributed by atoms with van der Waals surface area (Å²) in [6, 6.07) is 18.8. The quantitative estimate of drug-likeness (QED) is 0.195. The molecule has 0 aliphatic heterocycles. The van der Waals surface area contributed by atoms with Gasteiger partial charge in [0.1, 0.15) is 0 Å². The van der Waals surface area contributed by atoms with Gasteiger partial charge >= 0.3 is 5.97 Å². The maximum absolute atomic E-state index is 13.2. The molecule has 0 aliphatic rings. The fourth-order valence-corrected chi connectivity index (χ4v) is 4.88. The predicted molar refractivity (Wildman–Crippen MR) is 140 cm³/mol. The zero-order valence-corrected chi connectivity index (χ0v) is 21.8. The van der Waals surface area contributed by atoms with Gasteiger partial charge in [-0.3, -0.25) is 4.79 Å². The molecule has 0 bridgehead atoms. The van der Waals surface area contributed by atoms with Gasteiger partial charge in [0.05, 0.1) is 29.4 Å². The van der Waals surface area contributed by atoms with E-state index >= 15 is 0 Å². The van der Waals surface area contributed by atoms with Gasteiger partial charge < -0.3 is 14.0 Å². The van der Waals surface area contributed by atoms with E-state index in [2.05, 4.69) is 20.5 Å². The Morgan fingerprint density at radius 3 is 2.54 bits per heavy atom. The number of carbonyl (C=O) groups is 2. The summed E-state index contributed by atoms with van der Waals surface area (Å²) in [6.07, 6.45) is 0. The average molecular weight is 535 g/mol. The van der Waals surface area contributed by atoms with Gasteiger partial charge in [-0.25, -0.2) is 9.78 Å². The summed E-state index contributed by atoms with van der Waals surface area (Å²) in [5, 5.41) is 0.676. The van der Waals surface area contributed by atoms with E-state index in [1.54, 1.807) is 13.2 Å². The van der Waals surface area contributed by atoms with E-state index in [-0.39, 0.29) is 18.4 Å². The minimum absolute atomic E-state index is 0.0868. The number of ether oxygens (including phenoxy) is 2. The Kier molecular flexibility index (Phi) is 7.48. The van der Waals surface area contributed by atoms with Crippen LogP contribution in [-0.2, 0) is 9.47 Å². The van der Waals surface area contributed by atoms with Crippen LogP contribution in [0.5, 0.6) is 0 Å². The van der Waals surface area contributed by atoms with Crippen LogP contribution in [0.2, 0.25) is 0 Å². The number of para-hydroxylation sites is 1. The van der Waals surface area contributed by atoms with Crippen molar-refractivity contribution in [2.75, 3.05) is 20.3 Å². The van der Waals surface area contributed by atoms with Gasteiger partial charge in [0.2, 0.25) is 5.78 Å². The molecule has 0 radical (unpaired) electrons. The van der Waals surface area contributed by atoms with Crippen molar-refractivity contribution in [3.05, 3.63) is 87.7 Å². The van der Waals surface area contributed by atoms with Gasteiger partial charge in [-0.15, -0.1) is 0 Å².